The number of aryl methyl sites for hydroxylation is 1. The third-order valence-electron chi connectivity index (χ3n) is 2.21. The first-order valence-electron chi connectivity index (χ1n) is 4.93. The molecular weight excluding hydrogens is 223 g/mol. The lowest BCUT2D eigenvalue weighted by molar-refractivity contribution is 0.102. The second kappa shape index (κ2) is 4.25. The molecule has 0 aliphatic rings. The van der Waals surface area contributed by atoms with Crippen molar-refractivity contribution in [2.75, 3.05) is 11.1 Å². The SMILES string of the molecule is Cc1cc(F)cc(C(=O)Nc2[nH]ncc2N)c1. The second-order valence-corrected chi connectivity index (χ2v) is 3.67. The Morgan fingerprint density at radius 1 is 1.47 bits per heavy atom. The van der Waals surface area contributed by atoms with Gasteiger partial charge in [-0.15, -0.1) is 0 Å². The van der Waals surface area contributed by atoms with Crippen LogP contribution >= 0.6 is 0 Å². The van der Waals surface area contributed by atoms with Crippen LogP contribution < -0.4 is 11.1 Å². The number of hydrogen-bond acceptors (Lipinski definition) is 3. The number of carbonyl (C=O) groups excluding carboxylic acids is 1. The Morgan fingerprint density at radius 3 is 2.82 bits per heavy atom. The molecule has 1 aromatic carbocycles. The first kappa shape index (κ1) is 11.1. The Balaban J connectivity index is 2.23. The molecule has 17 heavy (non-hydrogen) atoms. The molecule has 4 N–H and O–H groups in total. The zero-order chi connectivity index (χ0) is 12.4. The van der Waals surface area contributed by atoms with E-state index in [1.807, 2.05) is 0 Å². The van der Waals surface area contributed by atoms with Gasteiger partial charge >= 0.3 is 0 Å². The van der Waals surface area contributed by atoms with Crippen LogP contribution in [0.1, 0.15) is 15.9 Å². The summed E-state index contributed by atoms with van der Waals surface area (Å²) in [4.78, 5) is 11.8. The highest BCUT2D eigenvalue weighted by atomic mass is 19.1. The molecule has 2 rings (SSSR count). The first-order chi connectivity index (χ1) is 8.06. The van der Waals surface area contributed by atoms with Crippen molar-refractivity contribution >= 4 is 17.4 Å². The number of aromatic nitrogens is 2. The number of nitrogen functional groups attached to an aromatic ring is 1. The fraction of sp³-hybridized carbons (Fsp3) is 0.0909. The van der Waals surface area contributed by atoms with Gasteiger partial charge in [-0.3, -0.25) is 9.89 Å². The zero-order valence-corrected chi connectivity index (χ0v) is 9.12. The summed E-state index contributed by atoms with van der Waals surface area (Å²) in [6, 6.07) is 4.10. The van der Waals surface area contributed by atoms with Crippen LogP contribution in [0.25, 0.3) is 0 Å². The second-order valence-electron chi connectivity index (χ2n) is 3.67. The first-order valence-corrected chi connectivity index (χ1v) is 4.93. The van der Waals surface area contributed by atoms with Gasteiger partial charge in [0.05, 0.1) is 11.9 Å². The lowest BCUT2D eigenvalue weighted by Crippen LogP contribution is -2.13. The minimum Gasteiger partial charge on any atom is -0.394 e. The van der Waals surface area contributed by atoms with Gasteiger partial charge in [0.1, 0.15) is 5.82 Å². The number of nitrogens with two attached hydrogens (primary N) is 1. The van der Waals surface area contributed by atoms with Crippen molar-refractivity contribution in [1.82, 2.24) is 10.2 Å². The highest BCUT2D eigenvalue weighted by Crippen LogP contribution is 2.15. The fourth-order valence-electron chi connectivity index (χ4n) is 1.45. The molecule has 0 spiro atoms. The maximum atomic E-state index is 13.1. The number of rotatable bonds is 2. The van der Waals surface area contributed by atoms with Crippen molar-refractivity contribution in [3.8, 4) is 0 Å². The number of anilines is 2. The lowest BCUT2D eigenvalue weighted by Gasteiger charge is -2.04. The topological polar surface area (TPSA) is 83.8 Å². The predicted molar refractivity (Wildman–Crippen MR) is 62.1 cm³/mol. The van der Waals surface area contributed by atoms with Gasteiger partial charge in [0.25, 0.3) is 5.91 Å². The molecule has 1 heterocycles. The van der Waals surface area contributed by atoms with Crippen LogP contribution in [0, 0.1) is 12.7 Å². The van der Waals surface area contributed by atoms with E-state index in [1.54, 1.807) is 13.0 Å². The number of benzene rings is 1. The van der Waals surface area contributed by atoms with Crippen LogP contribution in [-0.2, 0) is 0 Å². The van der Waals surface area contributed by atoms with Gasteiger partial charge in [-0.2, -0.15) is 5.10 Å². The van der Waals surface area contributed by atoms with E-state index in [9.17, 15) is 9.18 Å². The molecule has 1 amide bonds. The van der Waals surface area contributed by atoms with E-state index < -0.39 is 11.7 Å². The molecule has 88 valence electrons. The van der Waals surface area contributed by atoms with Crippen molar-refractivity contribution in [3.05, 3.63) is 41.3 Å². The van der Waals surface area contributed by atoms with Crippen LogP contribution in [0.5, 0.6) is 0 Å². The van der Waals surface area contributed by atoms with Gasteiger partial charge in [-0.05, 0) is 30.7 Å². The van der Waals surface area contributed by atoms with Crippen molar-refractivity contribution in [2.24, 2.45) is 0 Å². The number of hydrogen-bond donors (Lipinski definition) is 3. The number of aromatic amines is 1. The minimum atomic E-state index is -0.451. The van der Waals surface area contributed by atoms with Crippen LogP contribution in [-0.4, -0.2) is 16.1 Å². The van der Waals surface area contributed by atoms with E-state index in [0.717, 1.165) is 6.07 Å². The molecule has 6 heteroatoms. The van der Waals surface area contributed by atoms with Gasteiger partial charge in [0.2, 0.25) is 0 Å². The third kappa shape index (κ3) is 2.41. The van der Waals surface area contributed by atoms with Crippen LogP contribution in [0.2, 0.25) is 0 Å². The Kier molecular flexibility index (Phi) is 2.78. The summed E-state index contributed by atoms with van der Waals surface area (Å²) in [6.07, 6.45) is 1.38. The maximum absolute atomic E-state index is 13.1. The predicted octanol–water partition coefficient (Wildman–Crippen LogP) is 1.69. The van der Waals surface area contributed by atoms with E-state index in [2.05, 4.69) is 15.5 Å². The van der Waals surface area contributed by atoms with E-state index in [-0.39, 0.29) is 5.56 Å². The van der Waals surface area contributed by atoms with E-state index >= 15 is 0 Å². The van der Waals surface area contributed by atoms with E-state index in [1.165, 1.54) is 12.3 Å². The lowest BCUT2D eigenvalue weighted by atomic mass is 10.1. The normalized spacial score (nSPS) is 10.2. The summed E-state index contributed by atoms with van der Waals surface area (Å²) in [5, 5.41) is 8.71. The van der Waals surface area contributed by atoms with Crippen LogP contribution in [0.3, 0.4) is 0 Å². The Labute approximate surface area is 96.8 Å². The van der Waals surface area contributed by atoms with Gasteiger partial charge in [-0.1, -0.05) is 0 Å². The summed E-state index contributed by atoms with van der Waals surface area (Å²) in [7, 11) is 0. The number of H-pyrrole nitrogens is 1. The molecule has 0 fully saturated rings. The highest BCUT2D eigenvalue weighted by Gasteiger charge is 2.10. The summed E-state index contributed by atoms with van der Waals surface area (Å²) >= 11 is 0. The van der Waals surface area contributed by atoms with Crippen molar-refractivity contribution < 1.29 is 9.18 Å². The third-order valence-corrected chi connectivity index (χ3v) is 2.21. The summed E-state index contributed by atoms with van der Waals surface area (Å²) in [5.74, 6) is -0.590. The van der Waals surface area contributed by atoms with E-state index in [0.29, 0.717) is 17.1 Å². The van der Waals surface area contributed by atoms with Gasteiger partial charge in [-0.25, -0.2) is 4.39 Å². The van der Waals surface area contributed by atoms with Crippen LogP contribution in [0.4, 0.5) is 15.9 Å². The molecule has 0 radical (unpaired) electrons. The number of nitrogens with one attached hydrogen (secondary N) is 2. The average Bonchev–Trinajstić information content (AvgIpc) is 2.63. The van der Waals surface area contributed by atoms with Gasteiger partial charge in [0.15, 0.2) is 5.82 Å². The van der Waals surface area contributed by atoms with Crippen LogP contribution in [0.15, 0.2) is 24.4 Å². The number of halogens is 1. The van der Waals surface area contributed by atoms with Gasteiger partial charge < -0.3 is 11.1 Å². The standard InChI is InChI=1S/C11H11FN4O/c1-6-2-7(4-8(12)3-6)11(17)15-10-9(13)5-14-16-10/h2-5H,13H2,1H3,(H2,14,15,16,17). The summed E-state index contributed by atoms with van der Waals surface area (Å²) in [6.45, 7) is 1.71. The fourth-order valence-corrected chi connectivity index (χ4v) is 1.45. The molecule has 1 aromatic heterocycles. The number of carbonyl (C=O) groups is 1. The Hall–Kier alpha value is -2.37. The molecule has 0 saturated heterocycles. The Morgan fingerprint density at radius 2 is 2.24 bits per heavy atom. The smallest absolute Gasteiger partial charge is 0.256 e. The molecule has 0 bridgehead atoms. The minimum absolute atomic E-state index is 0.233. The molecular formula is C11H11FN4O. The highest BCUT2D eigenvalue weighted by molar-refractivity contribution is 6.05. The molecule has 0 aliphatic carbocycles. The molecule has 0 unspecified atom stereocenters. The maximum Gasteiger partial charge on any atom is 0.256 e. The Bertz CT molecular complexity index is 544. The van der Waals surface area contributed by atoms with E-state index in [4.69, 9.17) is 5.73 Å². The number of nitrogens with zero attached hydrogens (tertiary/aromatic N) is 1. The molecule has 0 aliphatic heterocycles. The summed E-state index contributed by atoms with van der Waals surface area (Å²) < 4.78 is 13.1. The van der Waals surface area contributed by atoms with Crippen molar-refractivity contribution in [1.29, 1.82) is 0 Å². The molecule has 0 saturated carbocycles. The molecule has 0 atom stereocenters. The van der Waals surface area contributed by atoms with Gasteiger partial charge in [0, 0.05) is 5.56 Å². The molecule has 5 nitrogen and oxygen atoms in total. The van der Waals surface area contributed by atoms with Crippen molar-refractivity contribution in [2.45, 2.75) is 6.92 Å². The number of amides is 1. The average molecular weight is 234 g/mol. The monoisotopic (exact) mass is 234 g/mol. The molecule has 2 aromatic rings. The van der Waals surface area contributed by atoms with Crippen molar-refractivity contribution in [3.63, 3.8) is 0 Å². The quantitative estimate of drug-likeness (QED) is 0.739. The summed E-state index contributed by atoms with van der Waals surface area (Å²) in [5.41, 5.74) is 6.78. The largest absolute Gasteiger partial charge is 0.394 e. The zero-order valence-electron chi connectivity index (χ0n) is 9.12.